The fourth-order valence-electron chi connectivity index (χ4n) is 1.99. The average Bonchev–Trinajstić information content (AvgIpc) is 2.24. The number of halogens is 1. The number of benzene rings is 1. The zero-order valence-electron chi connectivity index (χ0n) is 11.5. The Morgan fingerprint density at radius 2 is 1.83 bits per heavy atom. The van der Waals surface area contributed by atoms with Crippen LogP contribution in [0.5, 0.6) is 0 Å². The number of esters is 1. The monoisotopic (exact) mass is 312 g/mol. The van der Waals surface area contributed by atoms with Gasteiger partial charge in [-0.1, -0.05) is 43.6 Å². The van der Waals surface area contributed by atoms with Crippen LogP contribution in [0.15, 0.2) is 28.7 Å². The van der Waals surface area contributed by atoms with Gasteiger partial charge in [-0.05, 0) is 42.0 Å². The summed E-state index contributed by atoms with van der Waals surface area (Å²) >= 11 is 3.34. The predicted octanol–water partition coefficient (Wildman–Crippen LogP) is 4.68. The molecule has 0 aliphatic rings. The third-order valence-electron chi connectivity index (χ3n) is 2.54. The summed E-state index contributed by atoms with van der Waals surface area (Å²) in [4.78, 5) is 11.8. The summed E-state index contributed by atoms with van der Waals surface area (Å²) in [7, 11) is 0. The highest BCUT2D eigenvalue weighted by Gasteiger charge is 2.17. The molecule has 18 heavy (non-hydrogen) atoms. The molecule has 0 aliphatic heterocycles. The molecule has 1 aromatic rings. The summed E-state index contributed by atoms with van der Waals surface area (Å²) in [6.45, 7) is 9.17. The minimum absolute atomic E-state index is 0.247. The molecule has 2 nitrogen and oxygen atoms in total. The number of carbonyl (C=O) groups is 1. The van der Waals surface area contributed by atoms with Gasteiger partial charge in [0.15, 0.2) is 0 Å². The Labute approximate surface area is 118 Å². The fourth-order valence-corrected chi connectivity index (χ4v) is 2.26. The van der Waals surface area contributed by atoms with Crippen LogP contribution in [-0.2, 0) is 4.74 Å². The molecule has 0 heterocycles. The van der Waals surface area contributed by atoms with Crippen molar-refractivity contribution in [3.63, 3.8) is 0 Å². The SMILES string of the molecule is C[C@@H](COC(=O)c1ccc(Br)cc1)CC(C)(C)C. The molecule has 3 heteroatoms. The van der Waals surface area contributed by atoms with Crippen molar-refractivity contribution >= 4 is 21.9 Å². The van der Waals surface area contributed by atoms with Crippen molar-refractivity contribution < 1.29 is 9.53 Å². The first-order valence-corrected chi connectivity index (χ1v) is 7.00. The molecule has 0 unspecified atom stereocenters. The van der Waals surface area contributed by atoms with Crippen LogP contribution in [0.4, 0.5) is 0 Å². The molecule has 1 atom stereocenters. The number of ether oxygens (including phenoxy) is 1. The van der Waals surface area contributed by atoms with Crippen LogP contribution in [0.25, 0.3) is 0 Å². The number of hydrogen-bond donors (Lipinski definition) is 0. The van der Waals surface area contributed by atoms with Crippen LogP contribution in [0.2, 0.25) is 0 Å². The van der Waals surface area contributed by atoms with E-state index in [0.29, 0.717) is 18.1 Å². The van der Waals surface area contributed by atoms with E-state index in [2.05, 4.69) is 43.6 Å². The summed E-state index contributed by atoms with van der Waals surface area (Å²) in [5.74, 6) is 0.132. The first kappa shape index (κ1) is 15.2. The second kappa shape index (κ2) is 6.37. The summed E-state index contributed by atoms with van der Waals surface area (Å²) < 4.78 is 6.28. The summed E-state index contributed by atoms with van der Waals surface area (Å²) in [5.41, 5.74) is 0.866. The third kappa shape index (κ3) is 5.67. The Morgan fingerprint density at radius 3 is 2.33 bits per heavy atom. The zero-order chi connectivity index (χ0) is 13.8. The summed E-state index contributed by atoms with van der Waals surface area (Å²) in [6, 6.07) is 7.21. The maximum Gasteiger partial charge on any atom is 0.338 e. The quantitative estimate of drug-likeness (QED) is 0.755. The van der Waals surface area contributed by atoms with Crippen LogP contribution in [0.3, 0.4) is 0 Å². The van der Waals surface area contributed by atoms with Crippen molar-refractivity contribution in [2.45, 2.75) is 34.1 Å². The molecule has 0 saturated heterocycles. The van der Waals surface area contributed by atoms with Crippen molar-refractivity contribution in [2.24, 2.45) is 11.3 Å². The van der Waals surface area contributed by atoms with Gasteiger partial charge in [-0.2, -0.15) is 0 Å². The Hall–Kier alpha value is -0.830. The first-order chi connectivity index (χ1) is 8.28. The lowest BCUT2D eigenvalue weighted by Crippen LogP contribution is -2.17. The molecule has 0 fully saturated rings. The Balaban J connectivity index is 2.44. The van der Waals surface area contributed by atoms with E-state index in [1.807, 2.05) is 12.1 Å². The molecule has 0 amide bonds. The lowest BCUT2D eigenvalue weighted by atomic mass is 9.86. The molecule has 0 aromatic heterocycles. The highest BCUT2D eigenvalue weighted by molar-refractivity contribution is 9.10. The maximum absolute atomic E-state index is 11.8. The van der Waals surface area contributed by atoms with Crippen molar-refractivity contribution in [2.75, 3.05) is 6.61 Å². The molecule has 0 radical (unpaired) electrons. The van der Waals surface area contributed by atoms with E-state index in [9.17, 15) is 4.79 Å². The standard InChI is InChI=1S/C15H21BrO2/c1-11(9-15(2,3)4)10-18-14(17)12-5-7-13(16)8-6-12/h5-8,11H,9-10H2,1-4H3/t11-/m1/s1. The van der Waals surface area contributed by atoms with Gasteiger partial charge < -0.3 is 4.74 Å². The largest absolute Gasteiger partial charge is 0.462 e. The van der Waals surface area contributed by atoms with Gasteiger partial charge in [0.25, 0.3) is 0 Å². The molecular weight excluding hydrogens is 292 g/mol. The van der Waals surface area contributed by atoms with Crippen molar-refractivity contribution in [3.8, 4) is 0 Å². The van der Waals surface area contributed by atoms with Crippen molar-refractivity contribution in [3.05, 3.63) is 34.3 Å². The van der Waals surface area contributed by atoms with Gasteiger partial charge in [0, 0.05) is 4.47 Å². The van der Waals surface area contributed by atoms with E-state index >= 15 is 0 Å². The van der Waals surface area contributed by atoms with Gasteiger partial charge in [0.05, 0.1) is 12.2 Å². The van der Waals surface area contributed by atoms with Crippen LogP contribution in [0, 0.1) is 11.3 Å². The molecule has 0 aliphatic carbocycles. The fraction of sp³-hybridized carbons (Fsp3) is 0.533. The van der Waals surface area contributed by atoms with Crippen molar-refractivity contribution in [1.29, 1.82) is 0 Å². The van der Waals surface area contributed by atoms with Gasteiger partial charge in [0.2, 0.25) is 0 Å². The predicted molar refractivity (Wildman–Crippen MR) is 77.7 cm³/mol. The van der Waals surface area contributed by atoms with Crippen LogP contribution in [-0.4, -0.2) is 12.6 Å². The van der Waals surface area contributed by atoms with Gasteiger partial charge in [-0.3, -0.25) is 0 Å². The van der Waals surface area contributed by atoms with Gasteiger partial charge in [-0.15, -0.1) is 0 Å². The average molecular weight is 313 g/mol. The highest BCUT2D eigenvalue weighted by atomic mass is 79.9. The smallest absolute Gasteiger partial charge is 0.338 e. The minimum Gasteiger partial charge on any atom is -0.462 e. The number of carbonyl (C=O) groups excluding carboxylic acids is 1. The molecule has 1 rings (SSSR count). The van der Waals surface area contributed by atoms with E-state index in [-0.39, 0.29) is 11.4 Å². The molecule has 0 N–H and O–H groups in total. The number of hydrogen-bond acceptors (Lipinski definition) is 2. The lowest BCUT2D eigenvalue weighted by molar-refractivity contribution is 0.0420. The molecule has 1 aromatic carbocycles. The Morgan fingerprint density at radius 1 is 1.28 bits per heavy atom. The van der Waals surface area contributed by atoms with Crippen LogP contribution < -0.4 is 0 Å². The molecule has 100 valence electrons. The molecule has 0 bridgehead atoms. The van der Waals surface area contributed by atoms with Gasteiger partial charge in [0.1, 0.15) is 0 Å². The maximum atomic E-state index is 11.8. The van der Waals surface area contributed by atoms with Gasteiger partial charge in [-0.25, -0.2) is 4.79 Å². The summed E-state index contributed by atoms with van der Waals surface area (Å²) in [5, 5.41) is 0. The first-order valence-electron chi connectivity index (χ1n) is 6.20. The van der Waals surface area contributed by atoms with E-state index in [1.54, 1.807) is 12.1 Å². The molecule has 0 spiro atoms. The topological polar surface area (TPSA) is 26.3 Å². The second-order valence-electron chi connectivity index (χ2n) is 5.98. The highest BCUT2D eigenvalue weighted by Crippen LogP contribution is 2.24. The minimum atomic E-state index is -0.247. The number of rotatable bonds is 4. The lowest BCUT2D eigenvalue weighted by Gasteiger charge is -2.22. The Kier molecular flexibility index (Phi) is 5.39. The normalized spacial score (nSPS) is 13.2. The molecule has 0 saturated carbocycles. The van der Waals surface area contributed by atoms with Crippen LogP contribution >= 0.6 is 15.9 Å². The summed E-state index contributed by atoms with van der Waals surface area (Å²) in [6.07, 6.45) is 1.04. The third-order valence-corrected chi connectivity index (χ3v) is 3.07. The van der Waals surface area contributed by atoms with Crippen LogP contribution in [0.1, 0.15) is 44.5 Å². The van der Waals surface area contributed by atoms with E-state index in [1.165, 1.54) is 0 Å². The van der Waals surface area contributed by atoms with E-state index in [4.69, 9.17) is 4.74 Å². The molecular formula is C15H21BrO2. The van der Waals surface area contributed by atoms with Gasteiger partial charge >= 0.3 is 5.97 Å². The van der Waals surface area contributed by atoms with E-state index < -0.39 is 0 Å². The second-order valence-corrected chi connectivity index (χ2v) is 6.89. The van der Waals surface area contributed by atoms with Crippen molar-refractivity contribution in [1.82, 2.24) is 0 Å². The zero-order valence-corrected chi connectivity index (χ0v) is 13.1. The Bertz CT molecular complexity index is 390. The van der Waals surface area contributed by atoms with E-state index in [0.717, 1.165) is 10.9 Å².